The fraction of sp³-hybridized carbons (Fsp3) is 0.0417. The molecule has 2 aromatic heterocycles. The Morgan fingerprint density at radius 1 is 1.00 bits per heavy atom. The van der Waals surface area contributed by atoms with E-state index in [1.54, 1.807) is 6.07 Å². The Kier molecular flexibility index (Phi) is 5.97. The van der Waals surface area contributed by atoms with E-state index in [2.05, 4.69) is 39.8 Å². The van der Waals surface area contributed by atoms with Crippen LogP contribution in [0.5, 0.6) is 0 Å². The third kappa shape index (κ3) is 4.15. The Bertz CT molecular complexity index is 1470. The predicted octanol–water partition coefficient (Wildman–Crippen LogP) is 6.48. The van der Waals surface area contributed by atoms with Crippen molar-refractivity contribution >= 4 is 60.9 Å². The molecule has 0 bridgehead atoms. The van der Waals surface area contributed by atoms with Crippen LogP contribution in [0.15, 0.2) is 92.5 Å². The topological polar surface area (TPSA) is 67.5 Å². The molecule has 0 radical (unpaired) electrons. The van der Waals surface area contributed by atoms with Crippen molar-refractivity contribution < 1.29 is 4.42 Å². The molecule has 0 saturated heterocycles. The zero-order valence-corrected chi connectivity index (χ0v) is 19.1. The van der Waals surface area contributed by atoms with E-state index in [-0.39, 0.29) is 17.0 Å². The molecular formula is C24H18BrN3O2S. The number of rotatable bonds is 4. The van der Waals surface area contributed by atoms with Crippen LogP contribution in [0, 0.1) is 0 Å². The second-order valence-corrected chi connectivity index (χ2v) is 7.72. The van der Waals surface area contributed by atoms with Gasteiger partial charge in [-0.05, 0) is 29.8 Å². The van der Waals surface area contributed by atoms with Crippen LogP contribution < -0.4 is 11.1 Å². The number of aromatic nitrogens is 1. The number of thiazole rings is 1. The maximum absolute atomic E-state index is 12.4. The Morgan fingerprint density at radius 3 is 2.61 bits per heavy atom. The lowest BCUT2D eigenvalue weighted by atomic mass is 10.0. The Morgan fingerprint density at radius 2 is 1.74 bits per heavy atom. The Labute approximate surface area is 192 Å². The van der Waals surface area contributed by atoms with Gasteiger partial charge >= 0.3 is 5.63 Å². The van der Waals surface area contributed by atoms with Gasteiger partial charge in [-0.1, -0.05) is 60.7 Å². The fourth-order valence-electron chi connectivity index (χ4n) is 3.42. The molecule has 1 N–H and O–H groups in total. The maximum Gasteiger partial charge on any atom is 0.345 e. The minimum absolute atomic E-state index is 0. The first kappa shape index (κ1) is 21.0. The average Bonchev–Trinajstić information content (AvgIpc) is 3.25. The van der Waals surface area contributed by atoms with Crippen LogP contribution in [0.2, 0.25) is 0 Å². The minimum Gasteiger partial charge on any atom is -0.422 e. The molecule has 0 aliphatic carbocycles. The molecule has 0 fully saturated rings. The fourth-order valence-corrected chi connectivity index (χ4v) is 4.07. The van der Waals surface area contributed by atoms with E-state index in [9.17, 15) is 4.79 Å². The van der Waals surface area contributed by atoms with Crippen LogP contribution in [0.4, 0.5) is 5.13 Å². The van der Waals surface area contributed by atoms with Gasteiger partial charge in [0, 0.05) is 16.3 Å². The lowest BCUT2D eigenvalue weighted by molar-refractivity contribution is 0.563. The molecule has 5 nitrogen and oxygen atoms in total. The number of nitrogens with zero attached hydrogens (tertiary/aromatic N) is 2. The summed E-state index contributed by atoms with van der Waals surface area (Å²) in [6.07, 6.45) is 0. The lowest BCUT2D eigenvalue weighted by Crippen LogP contribution is -2.03. The summed E-state index contributed by atoms with van der Waals surface area (Å²) >= 11 is 1.39. The summed E-state index contributed by atoms with van der Waals surface area (Å²) in [6.45, 7) is 1.96. The Balaban J connectivity index is 0.00000231. The van der Waals surface area contributed by atoms with E-state index in [1.807, 2.05) is 54.8 Å². The van der Waals surface area contributed by atoms with Crippen LogP contribution >= 0.6 is 28.3 Å². The van der Waals surface area contributed by atoms with E-state index >= 15 is 0 Å². The normalized spacial score (nSPS) is 11.5. The zero-order valence-electron chi connectivity index (χ0n) is 16.5. The molecule has 3 aromatic carbocycles. The largest absolute Gasteiger partial charge is 0.422 e. The molecule has 0 aliphatic heterocycles. The second-order valence-electron chi connectivity index (χ2n) is 6.86. The van der Waals surface area contributed by atoms with Gasteiger partial charge in [0.1, 0.15) is 5.58 Å². The number of hydrazone groups is 1. The van der Waals surface area contributed by atoms with E-state index < -0.39 is 5.63 Å². The van der Waals surface area contributed by atoms with Crippen LogP contribution in [0.1, 0.15) is 12.5 Å². The molecule has 5 aromatic rings. The van der Waals surface area contributed by atoms with Gasteiger partial charge in [-0.15, -0.1) is 28.3 Å². The maximum atomic E-state index is 12.4. The molecule has 0 amide bonds. The smallest absolute Gasteiger partial charge is 0.345 e. The van der Waals surface area contributed by atoms with Gasteiger partial charge in [-0.25, -0.2) is 9.78 Å². The first-order valence-electron chi connectivity index (χ1n) is 9.46. The number of benzene rings is 3. The van der Waals surface area contributed by atoms with E-state index in [1.165, 1.54) is 16.7 Å². The molecule has 0 saturated carbocycles. The van der Waals surface area contributed by atoms with Gasteiger partial charge in [-0.2, -0.15) is 5.10 Å². The van der Waals surface area contributed by atoms with Gasteiger partial charge in [-0.3, -0.25) is 5.43 Å². The van der Waals surface area contributed by atoms with Gasteiger partial charge in [0.25, 0.3) is 0 Å². The number of halogens is 1. The second kappa shape index (κ2) is 8.83. The molecule has 31 heavy (non-hydrogen) atoms. The van der Waals surface area contributed by atoms with E-state index in [4.69, 9.17) is 4.42 Å². The monoisotopic (exact) mass is 491 g/mol. The number of hydrogen-bond donors (Lipinski definition) is 1. The third-order valence-electron chi connectivity index (χ3n) is 4.92. The third-order valence-corrected chi connectivity index (χ3v) is 5.67. The molecule has 0 unspecified atom stereocenters. The van der Waals surface area contributed by atoms with Crippen LogP contribution in [-0.2, 0) is 0 Å². The van der Waals surface area contributed by atoms with Crippen LogP contribution in [0.25, 0.3) is 33.0 Å². The van der Waals surface area contributed by atoms with Gasteiger partial charge < -0.3 is 4.42 Å². The van der Waals surface area contributed by atoms with E-state index in [0.717, 1.165) is 22.0 Å². The average molecular weight is 492 g/mol. The van der Waals surface area contributed by atoms with Crippen molar-refractivity contribution in [3.8, 4) is 11.3 Å². The number of fused-ring (bicyclic) bond motifs is 2. The summed E-state index contributed by atoms with van der Waals surface area (Å²) in [4.78, 5) is 16.9. The van der Waals surface area contributed by atoms with E-state index in [0.29, 0.717) is 22.0 Å². The minimum atomic E-state index is -0.402. The Hall–Kier alpha value is -3.29. The zero-order chi connectivity index (χ0) is 20.5. The first-order chi connectivity index (χ1) is 14.7. The molecule has 154 valence electrons. The molecule has 5 rings (SSSR count). The molecule has 0 atom stereocenters. The van der Waals surface area contributed by atoms with Gasteiger partial charge in [0.05, 0.1) is 17.0 Å². The summed E-state index contributed by atoms with van der Waals surface area (Å²) in [7, 11) is 0. The SMILES string of the molecule is Br.C/C(=N\Nc1nc(-c2cc3ccccc3oc2=O)cs1)c1cccc2ccccc12. The van der Waals surface area contributed by atoms with Gasteiger partial charge in [0.2, 0.25) is 5.13 Å². The highest BCUT2D eigenvalue weighted by molar-refractivity contribution is 8.93. The summed E-state index contributed by atoms with van der Waals surface area (Å²) in [5.74, 6) is 0. The van der Waals surface area contributed by atoms with Crippen molar-refractivity contribution in [2.75, 3.05) is 5.43 Å². The van der Waals surface area contributed by atoms with Gasteiger partial charge in [0.15, 0.2) is 0 Å². The summed E-state index contributed by atoms with van der Waals surface area (Å²) < 4.78 is 5.41. The molecular weight excluding hydrogens is 474 g/mol. The summed E-state index contributed by atoms with van der Waals surface area (Å²) in [5, 5.41) is 10.1. The highest BCUT2D eigenvalue weighted by Crippen LogP contribution is 2.25. The van der Waals surface area contributed by atoms with Crippen molar-refractivity contribution in [2.45, 2.75) is 6.92 Å². The molecule has 0 spiro atoms. The highest BCUT2D eigenvalue weighted by Gasteiger charge is 2.11. The van der Waals surface area contributed by atoms with Crippen molar-refractivity contribution in [1.29, 1.82) is 0 Å². The van der Waals surface area contributed by atoms with Crippen molar-refractivity contribution in [2.24, 2.45) is 5.10 Å². The highest BCUT2D eigenvalue weighted by atomic mass is 79.9. The van der Waals surface area contributed by atoms with Crippen LogP contribution in [0.3, 0.4) is 0 Å². The quantitative estimate of drug-likeness (QED) is 0.177. The van der Waals surface area contributed by atoms with Crippen molar-refractivity contribution in [1.82, 2.24) is 4.98 Å². The van der Waals surface area contributed by atoms with Crippen LogP contribution in [-0.4, -0.2) is 10.7 Å². The lowest BCUT2D eigenvalue weighted by Gasteiger charge is -2.06. The van der Waals surface area contributed by atoms with Crippen molar-refractivity contribution in [3.63, 3.8) is 0 Å². The number of hydrogen-bond acceptors (Lipinski definition) is 6. The predicted molar refractivity (Wildman–Crippen MR) is 134 cm³/mol. The molecule has 7 heteroatoms. The first-order valence-corrected chi connectivity index (χ1v) is 10.3. The summed E-state index contributed by atoms with van der Waals surface area (Å²) in [5.41, 5.74) is 6.11. The standard InChI is InChI=1S/C24H17N3O2S.BrH/c1-15(18-11-6-9-16-7-2-4-10-19(16)18)26-27-24-25-21(14-30-24)20-13-17-8-3-5-12-22(17)29-23(20)28;/h2-14H,1H3,(H,25,27);1H/b26-15+;. The number of nitrogens with one attached hydrogen (secondary N) is 1. The van der Waals surface area contributed by atoms with Crippen molar-refractivity contribution in [3.05, 3.63) is 94.2 Å². The molecule has 0 aliphatic rings. The number of para-hydroxylation sites is 1. The molecule has 2 heterocycles. The summed E-state index contributed by atoms with van der Waals surface area (Å²) in [6, 6.07) is 23.6. The number of anilines is 1.